The van der Waals surface area contributed by atoms with E-state index in [1.54, 1.807) is 12.1 Å². The van der Waals surface area contributed by atoms with Crippen molar-refractivity contribution in [1.29, 1.82) is 0 Å². The second kappa shape index (κ2) is 4.83. The molecule has 0 aliphatic heterocycles. The number of halogens is 1. The van der Waals surface area contributed by atoms with Crippen molar-refractivity contribution in [2.75, 3.05) is 11.9 Å². The van der Waals surface area contributed by atoms with Crippen LogP contribution < -0.4 is 5.32 Å². The summed E-state index contributed by atoms with van der Waals surface area (Å²) in [7, 11) is 0. The van der Waals surface area contributed by atoms with Crippen LogP contribution in [0.2, 0.25) is 0 Å². The van der Waals surface area contributed by atoms with Crippen LogP contribution in [0.5, 0.6) is 0 Å². The van der Waals surface area contributed by atoms with Gasteiger partial charge in [-0.1, -0.05) is 6.07 Å². The van der Waals surface area contributed by atoms with Gasteiger partial charge in [0, 0.05) is 12.6 Å². The lowest BCUT2D eigenvalue weighted by atomic mass is 9.89. The van der Waals surface area contributed by atoms with Crippen LogP contribution >= 0.6 is 0 Å². The molecule has 2 nitrogen and oxygen atoms in total. The van der Waals surface area contributed by atoms with Gasteiger partial charge >= 0.3 is 0 Å². The molecule has 0 radical (unpaired) electrons. The number of rotatable bonds is 4. The number of hydrogen-bond acceptors (Lipinski definition) is 2. The second-order valence-electron chi connectivity index (χ2n) is 4.37. The maximum Gasteiger partial charge on any atom is 0.146 e. The Kier molecular flexibility index (Phi) is 3.44. The molecule has 88 valence electrons. The molecule has 0 bridgehead atoms. The predicted octanol–water partition coefficient (Wildman–Crippen LogP) is 3.11. The standard InChI is InChI=1S/C13H18FNO/c1-3-16-11-7-10(8-11)15-13-5-4-9(2)6-12(13)14/h4-6,10-11,15H,3,7-8H2,1-2H3. The normalized spacial score (nSPS) is 23.9. The van der Waals surface area contributed by atoms with E-state index in [4.69, 9.17) is 4.74 Å². The Balaban J connectivity index is 1.87. The fourth-order valence-electron chi connectivity index (χ4n) is 2.01. The number of ether oxygens (including phenoxy) is 1. The molecule has 0 saturated heterocycles. The minimum Gasteiger partial charge on any atom is -0.380 e. The van der Waals surface area contributed by atoms with Gasteiger partial charge in [-0.25, -0.2) is 4.39 Å². The molecule has 3 heteroatoms. The van der Waals surface area contributed by atoms with Crippen molar-refractivity contribution < 1.29 is 9.13 Å². The summed E-state index contributed by atoms with van der Waals surface area (Å²) in [5.74, 6) is -0.167. The average molecular weight is 223 g/mol. The SMILES string of the molecule is CCOC1CC(Nc2ccc(C)cc2F)C1. The molecule has 1 aliphatic carbocycles. The van der Waals surface area contributed by atoms with Crippen molar-refractivity contribution >= 4 is 5.69 Å². The van der Waals surface area contributed by atoms with Crippen LogP contribution in [0.1, 0.15) is 25.3 Å². The molecule has 1 aromatic rings. The van der Waals surface area contributed by atoms with Gasteiger partial charge in [0.05, 0.1) is 11.8 Å². The lowest BCUT2D eigenvalue weighted by Gasteiger charge is -2.36. The van der Waals surface area contributed by atoms with Crippen LogP contribution in [0.25, 0.3) is 0 Å². The summed E-state index contributed by atoms with van der Waals surface area (Å²) >= 11 is 0. The van der Waals surface area contributed by atoms with E-state index in [-0.39, 0.29) is 5.82 Å². The third-order valence-corrected chi connectivity index (χ3v) is 2.98. The molecule has 0 amide bonds. The number of anilines is 1. The Bertz CT molecular complexity index is 361. The molecule has 1 fully saturated rings. The predicted molar refractivity (Wildman–Crippen MR) is 63.2 cm³/mol. The highest BCUT2D eigenvalue weighted by atomic mass is 19.1. The van der Waals surface area contributed by atoms with Crippen molar-refractivity contribution in [3.63, 3.8) is 0 Å². The highest BCUT2D eigenvalue weighted by molar-refractivity contribution is 5.47. The van der Waals surface area contributed by atoms with E-state index in [1.165, 1.54) is 0 Å². The summed E-state index contributed by atoms with van der Waals surface area (Å²) in [6, 6.07) is 5.64. The lowest BCUT2D eigenvalue weighted by Crippen LogP contribution is -2.41. The highest BCUT2D eigenvalue weighted by Gasteiger charge is 2.29. The van der Waals surface area contributed by atoms with Crippen molar-refractivity contribution in [2.24, 2.45) is 0 Å². The number of nitrogens with one attached hydrogen (secondary N) is 1. The van der Waals surface area contributed by atoms with Crippen molar-refractivity contribution in [3.05, 3.63) is 29.6 Å². The monoisotopic (exact) mass is 223 g/mol. The van der Waals surface area contributed by atoms with Gasteiger partial charge in [0.15, 0.2) is 0 Å². The van der Waals surface area contributed by atoms with Crippen LogP contribution in [0.15, 0.2) is 18.2 Å². The summed E-state index contributed by atoms with van der Waals surface area (Å²) in [5, 5.41) is 3.21. The third-order valence-electron chi connectivity index (χ3n) is 2.98. The maximum atomic E-state index is 13.5. The second-order valence-corrected chi connectivity index (χ2v) is 4.37. The summed E-state index contributed by atoms with van der Waals surface area (Å²) in [6.07, 6.45) is 2.30. The summed E-state index contributed by atoms with van der Waals surface area (Å²) < 4.78 is 19.0. The van der Waals surface area contributed by atoms with Crippen LogP contribution in [0.3, 0.4) is 0 Å². The Morgan fingerprint density at radius 3 is 2.81 bits per heavy atom. The fraction of sp³-hybridized carbons (Fsp3) is 0.538. The Morgan fingerprint density at radius 1 is 1.44 bits per heavy atom. The van der Waals surface area contributed by atoms with Gasteiger partial charge in [0.25, 0.3) is 0 Å². The average Bonchev–Trinajstić information content (AvgIpc) is 2.18. The van der Waals surface area contributed by atoms with Gasteiger partial charge in [-0.05, 0) is 44.4 Å². The van der Waals surface area contributed by atoms with Gasteiger partial charge in [0.2, 0.25) is 0 Å². The van der Waals surface area contributed by atoms with E-state index in [0.717, 1.165) is 25.0 Å². The van der Waals surface area contributed by atoms with Crippen LogP contribution in [0.4, 0.5) is 10.1 Å². The third kappa shape index (κ3) is 2.53. The summed E-state index contributed by atoms with van der Waals surface area (Å²) in [5.41, 5.74) is 1.55. The lowest BCUT2D eigenvalue weighted by molar-refractivity contribution is 0.00293. The van der Waals surface area contributed by atoms with E-state index >= 15 is 0 Å². The Morgan fingerprint density at radius 2 is 2.19 bits per heavy atom. The van der Waals surface area contributed by atoms with Gasteiger partial charge in [-0.3, -0.25) is 0 Å². The smallest absolute Gasteiger partial charge is 0.146 e. The van der Waals surface area contributed by atoms with Crippen LogP contribution in [0, 0.1) is 12.7 Å². The van der Waals surface area contributed by atoms with E-state index in [2.05, 4.69) is 5.32 Å². The van der Waals surface area contributed by atoms with Crippen LogP contribution in [-0.4, -0.2) is 18.8 Å². The minimum atomic E-state index is -0.167. The summed E-state index contributed by atoms with van der Waals surface area (Å²) in [6.45, 7) is 4.65. The first-order chi connectivity index (χ1) is 7.69. The molecule has 16 heavy (non-hydrogen) atoms. The van der Waals surface area contributed by atoms with E-state index in [0.29, 0.717) is 17.8 Å². The van der Waals surface area contributed by atoms with Gasteiger partial charge in [-0.15, -0.1) is 0 Å². The molecule has 1 saturated carbocycles. The van der Waals surface area contributed by atoms with Gasteiger partial charge < -0.3 is 10.1 Å². The molecule has 2 rings (SSSR count). The van der Waals surface area contributed by atoms with Crippen LogP contribution in [-0.2, 0) is 4.74 Å². The molecule has 1 aromatic carbocycles. The van der Waals surface area contributed by atoms with Gasteiger partial charge in [0.1, 0.15) is 5.82 Å². The van der Waals surface area contributed by atoms with E-state index in [1.807, 2.05) is 19.9 Å². The van der Waals surface area contributed by atoms with Crippen molar-refractivity contribution in [2.45, 2.75) is 38.8 Å². The molecule has 0 heterocycles. The van der Waals surface area contributed by atoms with Gasteiger partial charge in [-0.2, -0.15) is 0 Å². The Hall–Kier alpha value is -1.09. The minimum absolute atomic E-state index is 0.167. The fourth-order valence-corrected chi connectivity index (χ4v) is 2.01. The topological polar surface area (TPSA) is 21.3 Å². The largest absolute Gasteiger partial charge is 0.380 e. The van der Waals surface area contributed by atoms with Crippen molar-refractivity contribution in [3.8, 4) is 0 Å². The first-order valence-electron chi connectivity index (χ1n) is 5.83. The van der Waals surface area contributed by atoms with Crippen molar-refractivity contribution in [1.82, 2.24) is 0 Å². The molecule has 0 spiro atoms. The number of hydrogen-bond donors (Lipinski definition) is 1. The molecular formula is C13H18FNO. The van der Waals surface area contributed by atoms with E-state index in [9.17, 15) is 4.39 Å². The molecule has 1 N–H and O–H groups in total. The first-order valence-corrected chi connectivity index (χ1v) is 5.83. The molecule has 0 unspecified atom stereocenters. The number of aryl methyl sites for hydroxylation is 1. The molecule has 1 aliphatic rings. The molecule has 0 atom stereocenters. The zero-order valence-electron chi connectivity index (χ0n) is 9.79. The van der Waals surface area contributed by atoms with E-state index < -0.39 is 0 Å². The zero-order valence-corrected chi connectivity index (χ0v) is 9.79. The Labute approximate surface area is 95.8 Å². The zero-order chi connectivity index (χ0) is 11.5. The maximum absolute atomic E-state index is 13.5. The highest BCUT2D eigenvalue weighted by Crippen LogP contribution is 2.27. The quantitative estimate of drug-likeness (QED) is 0.846. The first kappa shape index (κ1) is 11.4. The number of benzene rings is 1. The summed E-state index contributed by atoms with van der Waals surface area (Å²) in [4.78, 5) is 0. The molecule has 0 aromatic heterocycles. The molecular weight excluding hydrogens is 205 g/mol.